The smallest absolute Gasteiger partial charge is 0.229 e. The maximum Gasteiger partial charge on any atom is 0.229 e. The van der Waals surface area contributed by atoms with Crippen molar-refractivity contribution in [2.24, 2.45) is 0 Å². The second kappa shape index (κ2) is 7.14. The predicted molar refractivity (Wildman–Crippen MR) is 72.5 cm³/mol. The Balaban J connectivity index is 1.75. The first-order valence-electron chi connectivity index (χ1n) is 6.89. The summed E-state index contributed by atoms with van der Waals surface area (Å²) in [6.07, 6.45) is 7.57. The number of hydrogen-bond donors (Lipinski definition) is 1. The van der Waals surface area contributed by atoms with Crippen molar-refractivity contribution in [3.8, 4) is 0 Å². The van der Waals surface area contributed by atoms with Crippen molar-refractivity contribution in [1.29, 1.82) is 0 Å². The van der Waals surface area contributed by atoms with Crippen molar-refractivity contribution >= 4 is 11.8 Å². The van der Waals surface area contributed by atoms with Gasteiger partial charge < -0.3 is 9.63 Å². The Morgan fingerprint density at radius 1 is 1.39 bits per heavy atom. The lowest BCUT2D eigenvalue weighted by Gasteiger charge is -2.19. The summed E-state index contributed by atoms with van der Waals surface area (Å²) < 4.78 is 5.14. The lowest BCUT2D eigenvalue weighted by atomic mass is 10.0. The molecule has 0 radical (unpaired) electrons. The molecule has 1 fully saturated rings. The van der Waals surface area contributed by atoms with Crippen LogP contribution in [0, 0.1) is 0 Å². The van der Waals surface area contributed by atoms with E-state index < -0.39 is 0 Å². The molecule has 1 N–H and O–H groups in total. The summed E-state index contributed by atoms with van der Waals surface area (Å²) in [6, 6.07) is 0. The molecule has 0 aromatic carbocycles. The second-order valence-corrected chi connectivity index (χ2v) is 6.23. The van der Waals surface area contributed by atoms with E-state index in [4.69, 9.17) is 4.52 Å². The van der Waals surface area contributed by atoms with E-state index in [0.717, 1.165) is 16.8 Å². The molecule has 4 nitrogen and oxygen atoms in total. The molecule has 1 aromatic rings. The third-order valence-corrected chi connectivity index (χ3v) is 4.76. The van der Waals surface area contributed by atoms with Gasteiger partial charge in [0.25, 0.3) is 0 Å². The average molecular weight is 270 g/mol. The van der Waals surface area contributed by atoms with E-state index >= 15 is 0 Å². The van der Waals surface area contributed by atoms with E-state index in [1.807, 2.05) is 18.7 Å². The van der Waals surface area contributed by atoms with Crippen LogP contribution in [0.25, 0.3) is 0 Å². The molecule has 1 aliphatic rings. The average Bonchev–Trinajstić information content (AvgIpc) is 2.85. The molecule has 102 valence electrons. The molecule has 5 heteroatoms. The van der Waals surface area contributed by atoms with Crippen LogP contribution in [-0.4, -0.2) is 26.6 Å². The van der Waals surface area contributed by atoms with E-state index in [0.29, 0.717) is 18.7 Å². The van der Waals surface area contributed by atoms with Crippen LogP contribution < -0.4 is 0 Å². The Kier molecular flexibility index (Phi) is 5.50. The van der Waals surface area contributed by atoms with Crippen LogP contribution in [0.1, 0.15) is 57.2 Å². The number of aromatic nitrogens is 2. The number of thioether (sulfide) groups is 1. The number of aliphatic hydroxyl groups excluding tert-OH is 1. The minimum absolute atomic E-state index is 0.371. The maximum atomic E-state index is 9.52. The van der Waals surface area contributed by atoms with E-state index in [9.17, 15) is 5.11 Å². The zero-order valence-electron chi connectivity index (χ0n) is 11.0. The molecule has 1 unspecified atom stereocenters. The molecular weight excluding hydrogens is 248 g/mol. The molecule has 1 aliphatic carbocycles. The molecule has 1 aromatic heterocycles. The molecule has 0 aliphatic heterocycles. The Morgan fingerprint density at radius 3 is 2.89 bits per heavy atom. The number of hydrogen-bond acceptors (Lipinski definition) is 5. The molecular formula is C13H22N2O2S. The minimum atomic E-state index is -0.371. The first kappa shape index (κ1) is 13.9. The summed E-state index contributed by atoms with van der Waals surface area (Å²) in [5.41, 5.74) is 0. The van der Waals surface area contributed by atoms with Gasteiger partial charge in [-0.15, -0.1) is 0 Å². The Hall–Kier alpha value is -0.550. The van der Waals surface area contributed by atoms with Crippen molar-refractivity contribution in [2.45, 2.75) is 69.0 Å². The summed E-state index contributed by atoms with van der Waals surface area (Å²) in [6.45, 7) is 1.95. The van der Waals surface area contributed by atoms with Gasteiger partial charge in [-0.25, -0.2) is 0 Å². The van der Waals surface area contributed by atoms with Crippen molar-refractivity contribution < 1.29 is 9.63 Å². The van der Waals surface area contributed by atoms with Gasteiger partial charge in [-0.05, 0) is 19.3 Å². The highest BCUT2D eigenvalue weighted by atomic mass is 32.2. The van der Waals surface area contributed by atoms with Crippen LogP contribution in [0.2, 0.25) is 0 Å². The Labute approximate surface area is 113 Å². The van der Waals surface area contributed by atoms with Gasteiger partial charge in [-0.1, -0.05) is 31.3 Å². The molecule has 1 saturated carbocycles. The molecule has 18 heavy (non-hydrogen) atoms. The molecule has 0 bridgehead atoms. The van der Waals surface area contributed by atoms with Crippen molar-refractivity contribution in [2.75, 3.05) is 0 Å². The van der Waals surface area contributed by atoms with Crippen LogP contribution in [0.5, 0.6) is 0 Å². The summed E-state index contributed by atoms with van der Waals surface area (Å²) >= 11 is 1.94. The van der Waals surface area contributed by atoms with Crippen LogP contribution in [0.4, 0.5) is 0 Å². The lowest BCUT2D eigenvalue weighted by molar-refractivity contribution is 0.158. The van der Waals surface area contributed by atoms with E-state index in [1.165, 1.54) is 32.1 Å². The van der Waals surface area contributed by atoms with Gasteiger partial charge in [0.15, 0.2) is 5.82 Å². The minimum Gasteiger partial charge on any atom is -0.393 e. The van der Waals surface area contributed by atoms with Crippen molar-refractivity contribution in [3.63, 3.8) is 0 Å². The normalized spacial score (nSPS) is 19.0. The first-order valence-corrected chi connectivity index (χ1v) is 7.94. The van der Waals surface area contributed by atoms with Crippen LogP contribution in [0.3, 0.4) is 0 Å². The highest BCUT2D eigenvalue weighted by molar-refractivity contribution is 7.99. The maximum absolute atomic E-state index is 9.52. The topological polar surface area (TPSA) is 59.2 Å². The van der Waals surface area contributed by atoms with Crippen LogP contribution >= 0.6 is 11.8 Å². The van der Waals surface area contributed by atoms with Crippen LogP contribution in [-0.2, 0) is 12.2 Å². The summed E-state index contributed by atoms with van der Waals surface area (Å²) in [5, 5.41) is 14.3. The zero-order valence-corrected chi connectivity index (χ0v) is 11.8. The molecule has 0 spiro atoms. The van der Waals surface area contributed by atoms with Gasteiger partial charge in [0, 0.05) is 5.25 Å². The Morgan fingerprint density at radius 2 is 2.17 bits per heavy atom. The van der Waals surface area contributed by atoms with E-state index in [2.05, 4.69) is 10.1 Å². The third-order valence-electron chi connectivity index (χ3n) is 3.39. The van der Waals surface area contributed by atoms with Crippen LogP contribution in [0.15, 0.2) is 4.52 Å². The predicted octanol–water partition coefficient (Wildman–Crippen LogP) is 2.95. The highest BCUT2D eigenvalue weighted by Gasteiger charge is 2.16. The zero-order chi connectivity index (χ0) is 12.8. The monoisotopic (exact) mass is 270 g/mol. The SMILES string of the molecule is CCC(O)Cc1nc(CSC2CCCCC2)no1. The van der Waals surface area contributed by atoms with Gasteiger partial charge in [0.05, 0.1) is 18.3 Å². The Bertz CT molecular complexity index is 351. The second-order valence-electron chi connectivity index (χ2n) is 4.94. The summed E-state index contributed by atoms with van der Waals surface area (Å²) in [7, 11) is 0. The fourth-order valence-corrected chi connectivity index (χ4v) is 3.37. The molecule has 1 heterocycles. The van der Waals surface area contributed by atoms with Crippen molar-refractivity contribution in [3.05, 3.63) is 11.7 Å². The fourth-order valence-electron chi connectivity index (χ4n) is 2.20. The van der Waals surface area contributed by atoms with E-state index in [-0.39, 0.29) is 6.10 Å². The van der Waals surface area contributed by atoms with Gasteiger partial charge in [-0.3, -0.25) is 0 Å². The number of nitrogens with zero attached hydrogens (tertiary/aromatic N) is 2. The third kappa shape index (κ3) is 4.28. The summed E-state index contributed by atoms with van der Waals surface area (Å²) in [4.78, 5) is 4.32. The largest absolute Gasteiger partial charge is 0.393 e. The quantitative estimate of drug-likeness (QED) is 0.861. The fraction of sp³-hybridized carbons (Fsp3) is 0.846. The summed E-state index contributed by atoms with van der Waals surface area (Å²) in [5.74, 6) is 2.16. The molecule has 1 atom stereocenters. The highest BCUT2D eigenvalue weighted by Crippen LogP contribution is 2.29. The molecule has 2 rings (SSSR count). The standard InChI is InChI=1S/C13H22N2O2S/c1-2-10(16)8-13-14-12(15-17-13)9-18-11-6-4-3-5-7-11/h10-11,16H,2-9H2,1H3. The van der Waals surface area contributed by atoms with Gasteiger partial charge >= 0.3 is 0 Å². The van der Waals surface area contributed by atoms with E-state index in [1.54, 1.807) is 0 Å². The number of aliphatic hydroxyl groups is 1. The lowest BCUT2D eigenvalue weighted by Crippen LogP contribution is -2.09. The van der Waals surface area contributed by atoms with Gasteiger partial charge in [0.2, 0.25) is 5.89 Å². The molecule has 0 amide bonds. The van der Waals surface area contributed by atoms with Gasteiger partial charge in [-0.2, -0.15) is 16.7 Å². The van der Waals surface area contributed by atoms with Crippen molar-refractivity contribution in [1.82, 2.24) is 10.1 Å². The number of rotatable bonds is 6. The van der Waals surface area contributed by atoms with Gasteiger partial charge in [0.1, 0.15) is 0 Å². The molecule has 0 saturated heterocycles. The first-order chi connectivity index (χ1) is 8.78.